The summed E-state index contributed by atoms with van der Waals surface area (Å²) < 4.78 is 67.4. The molecule has 26 heavy (non-hydrogen) atoms. The molecule has 0 aliphatic carbocycles. The molecule has 1 aliphatic rings. The third kappa shape index (κ3) is 3.70. The monoisotopic (exact) mass is 462 g/mol. The Labute approximate surface area is 160 Å². The van der Waals surface area contributed by atoms with Crippen molar-refractivity contribution in [3.05, 3.63) is 58.8 Å². The Kier molecular flexibility index (Phi) is 5.50. The summed E-state index contributed by atoms with van der Waals surface area (Å²) in [6.45, 7) is -0.0706. The highest BCUT2D eigenvalue weighted by Gasteiger charge is 2.34. The molecule has 140 valence electrons. The van der Waals surface area contributed by atoms with Gasteiger partial charge in [0.25, 0.3) is 0 Å². The largest absolute Gasteiger partial charge is 0.246 e. The van der Waals surface area contributed by atoms with E-state index in [1.54, 1.807) is 12.1 Å². The molecule has 0 spiro atoms. The summed E-state index contributed by atoms with van der Waals surface area (Å²) in [5.41, 5.74) is 0. The fourth-order valence-electron chi connectivity index (χ4n) is 2.72. The zero-order valence-electron chi connectivity index (χ0n) is 13.5. The molecule has 0 N–H and O–H groups in total. The van der Waals surface area contributed by atoms with Gasteiger partial charge in [0, 0.05) is 30.7 Å². The molecule has 0 atom stereocenters. The fraction of sp³-hybridized carbons (Fsp3) is 0.250. The lowest BCUT2D eigenvalue weighted by Crippen LogP contribution is -2.50. The zero-order valence-corrected chi connectivity index (χ0v) is 16.8. The average molecular weight is 463 g/mol. The standard InChI is InChI=1S/C16H16BrFN2O4S2/c17-13-4-3-5-14(12-13)25(21,22)19-8-10-20(11-9-19)26(23,24)16-7-2-1-6-15(16)18/h1-7,12H,8-11H2. The Balaban J connectivity index is 1.78. The van der Waals surface area contributed by atoms with Crippen LogP contribution in [0.1, 0.15) is 0 Å². The van der Waals surface area contributed by atoms with Gasteiger partial charge >= 0.3 is 0 Å². The van der Waals surface area contributed by atoms with E-state index in [0.717, 1.165) is 10.4 Å². The molecule has 1 saturated heterocycles. The van der Waals surface area contributed by atoms with Crippen LogP contribution < -0.4 is 0 Å². The quantitative estimate of drug-likeness (QED) is 0.698. The average Bonchev–Trinajstić information content (AvgIpc) is 2.62. The van der Waals surface area contributed by atoms with Crippen LogP contribution in [0, 0.1) is 5.82 Å². The minimum absolute atomic E-state index is 0.00251. The number of rotatable bonds is 4. The second-order valence-electron chi connectivity index (χ2n) is 5.70. The van der Waals surface area contributed by atoms with E-state index in [9.17, 15) is 21.2 Å². The first-order chi connectivity index (χ1) is 12.2. The number of hydrogen-bond donors (Lipinski definition) is 0. The van der Waals surface area contributed by atoms with E-state index >= 15 is 0 Å². The third-order valence-electron chi connectivity index (χ3n) is 4.09. The van der Waals surface area contributed by atoms with Crippen LogP contribution in [0.5, 0.6) is 0 Å². The smallest absolute Gasteiger partial charge is 0.207 e. The molecule has 10 heteroatoms. The first-order valence-corrected chi connectivity index (χ1v) is 11.4. The molecule has 2 aromatic rings. The Morgan fingerprint density at radius 2 is 1.38 bits per heavy atom. The van der Waals surface area contributed by atoms with Crippen LogP contribution in [0.25, 0.3) is 0 Å². The fourth-order valence-corrected chi connectivity index (χ4v) is 6.23. The lowest BCUT2D eigenvalue weighted by atomic mass is 10.3. The van der Waals surface area contributed by atoms with Crippen LogP contribution in [0.4, 0.5) is 4.39 Å². The summed E-state index contributed by atoms with van der Waals surface area (Å²) >= 11 is 3.24. The van der Waals surface area contributed by atoms with Crippen molar-refractivity contribution in [2.75, 3.05) is 26.2 Å². The van der Waals surface area contributed by atoms with Crippen LogP contribution in [0.15, 0.2) is 62.8 Å². The van der Waals surface area contributed by atoms with Gasteiger partial charge in [0.2, 0.25) is 20.0 Å². The van der Waals surface area contributed by atoms with Crippen LogP contribution >= 0.6 is 15.9 Å². The number of piperazine rings is 1. The van der Waals surface area contributed by atoms with Crippen molar-refractivity contribution >= 4 is 36.0 Å². The third-order valence-corrected chi connectivity index (χ3v) is 8.41. The highest BCUT2D eigenvalue weighted by Crippen LogP contribution is 2.24. The lowest BCUT2D eigenvalue weighted by molar-refractivity contribution is 0.272. The molecular weight excluding hydrogens is 447 g/mol. The molecule has 0 aromatic heterocycles. The van der Waals surface area contributed by atoms with Crippen LogP contribution in [-0.4, -0.2) is 51.6 Å². The predicted octanol–water partition coefficient (Wildman–Crippen LogP) is 2.28. The maximum absolute atomic E-state index is 13.8. The van der Waals surface area contributed by atoms with Gasteiger partial charge in [0.1, 0.15) is 10.7 Å². The molecular formula is C16H16BrFN2O4S2. The van der Waals surface area contributed by atoms with Crippen molar-refractivity contribution in [3.8, 4) is 0 Å². The van der Waals surface area contributed by atoms with Gasteiger partial charge in [-0.1, -0.05) is 34.1 Å². The molecule has 0 bridgehead atoms. The second kappa shape index (κ2) is 7.35. The summed E-state index contributed by atoms with van der Waals surface area (Å²) in [7, 11) is -7.72. The van der Waals surface area contributed by atoms with Gasteiger partial charge in [-0.15, -0.1) is 0 Å². The maximum atomic E-state index is 13.8. The van der Waals surface area contributed by atoms with Crippen molar-refractivity contribution in [1.82, 2.24) is 8.61 Å². The van der Waals surface area contributed by atoms with Crippen molar-refractivity contribution in [2.45, 2.75) is 9.79 Å². The van der Waals surface area contributed by atoms with Crippen molar-refractivity contribution < 1.29 is 21.2 Å². The molecule has 0 saturated carbocycles. The van der Waals surface area contributed by atoms with Crippen molar-refractivity contribution in [2.24, 2.45) is 0 Å². The molecule has 2 aromatic carbocycles. The number of hydrogen-bond acceptors (Lipinski definition) is 4. The van der Waals surface area contributed by atoms with E-state index in [2.05, 4.69) is 15.9 Å². The van der Waals surface area contributed by atoms with Gasteiger partial charge in [-0.3, -0.25) is 0 Å². The molecule has 0 radical (unpaired) electrons. The van der Waals surface area contributed by atoms with Crippen molar-refractivity contribution in [1.29, 1.82) is 0 Å². The van der Waals surface area contributed by atoms with E-state index in [0.29, 0.717) is 4.47 Å². The maximum Gasteiger partial charge on any atom is 0.246 e. The van der Waals surface area contributed by atoms with E-state index in [1.165, 1.54) is 34.6 Å². The highest BCUT2D eigenvalue weighted by atomic mass is 79.9. The Bertz CT molecular complexity index is 1020. The SMILES string of the molecule is O=S(=O)(c1cccc(Br)c1)N1CCN(S(=O)(=O)c2ccccc2F)CC1. The lowest BCUT2D eigenvalue weighted by Gasteiger charge is -2.33. The molecule has 0 unspecified atom stereocenters. The number of halogens is 2. The normalized spacial score (nSPS) is 17.3. The topological polar surface area (TPSA) is 74.8 Å². The van der Waals surface area contributed by atoms with Crippen LogP contribution in [0.2, 0.25) is 0 Å². The van der Waals surface area contributed by atoms with Crippen molar-refractivity contribution in [3.63, 3.8) is 0 Å². The van der Waals surface area contributed by atoms with Crippen LogP contribution in [0.3, 0.4) is 0 Å². The molecule has 1 fully saturated rings. The Hall–Kier alpha value is -1.33. The summed E-state index contributed by atoms with van der Waals surface area (Å²) in [6.07, 6.45) is 0. The Morgan fingerprint density at radius 1 is 0.808 bits per heavy atom. The summed E-state index contributed by atoms with van der Waals surface area (Å²) in [6, 6.07) is 11.5. The first-order valence-electron chi connectivity index (χ1n) is 7.73. The molecule has 1 heterocycles. The van der Waals surface area contributed by atoms with Gasteiger partial charge < -0.3 is 0 Å². The van der Waals surface area contributed by atoms with Crippen LogP contribution in [-0.2, 0) is 20.0 Å². The molecule has 3 rings (SSSR count). The molecule has 1 aliphatic heterocycles. The first kappa shape index (κ1) is 19.4. The zero-order chi connectivity index (χ0) is 18.9. The Morgan fingerprint density at radius 3 is 1.96 bits per heavy atom. The molecule has 6 nitrogen and oxygen atoms in total. The van der Waals surface area contributed by atoms with Gasteiger partial charge in [-0.05, 0) is 30.3 Å². The second-order valence-corrected chi connectivity index (χ2v) is 10.5. The number of benzene rings is 2. The number of nitrogens with zero attached hydrogens (tertiary/aromatic N) is 2. The summed E-state index contributed by atoms with van der Waals surface area (Å²) in [5.74, 6) is -0.823. The van der Waals surface area contributed by atoms with E-state index in [4.69, 9.17) is 0 Å². The minimum atomic E-state index is -4.00. The van der Waals surface area contributed by atoms with E-state index < -0.39 is 30.8 Å². The van der Waals surface area contributed by atoms with Gasteiger partial charge in [0.15, 0.2) is 0 Å². The molecule has 0 amide bonds. The van der Waals surface area contributed by atoms with E-state index in [-0.39, 0.29) is 31.1 Å². The van der Waals surface area contributed by atoms with Gasteiger partial charge in [-0.25, -0.2) is 21.2 Å². The highest BCUT2D eigenvalue weighted by molar-refractivity contribution is 9.10. The minimum Gasteiger partial charge on any atom is -0.207 e. The summed E-state index contributed by atoms with van der Waals surface area (Å²) in [4.78, 5) is -0.263. The van der Waals surface area contributed by atoms with Gasteiger partial charge in [-0.2, -0.15) is 8.61 Å². The van der Waals surface area contributed by atoms with E-state index in [1.807, 2.05) is 0 Å². The summed E-state index contributed by atoms with van der Waals surface area (Å²) in [5, 5.41) is 0. The van der Waals surface area contributed by atoms with Gasteiger partial charge in [0.05, 0.1) is 4.90 Å². The number of sulfonamides is 2. The predicted molar refractivity (Wildman–Crippen MR) is 98.1 cm³/mol.